The van der Waals surface area contributed by atoms with Crippen LogP contribution in [0.3, 0.4) is 0 Å². The summed E-state index contributed by atoms with van der Waals surface area (Å²) in [5, 5.41) is 14.7. The van der Waals surface area contributed by atoms with Gasteiger partial charge in [0, 0.05) is 11.7 Å². The molecule has 0 bridgehead atoms. The highest BCUT2D eigenvalue weighted by Crippen LogP contribution is 2.19. The molecule has 1 aliphatic rings. The third-order valence-corrected chi connectivity index (χ3v) is 3.56. The Bertz CT molecular complexity index is 499. The lowest BCUT2D eigenvalue weighted by molar-refractivity contribution is 0.244. The molecule has 2 rings (SSSR count). The number of hydrogen-bond donors (Lipinski definition) is 2. The van der Waals surface area contributed by atoms with Crippen LogP contribution in [0, 0.1) is 18.3 Å². The van der Waals surface area contributed by atoms with Crippen molar-refractivity contribution in [2.75, 3.05) is 5.32 Å². The fraction of sp³-hybridized carbons (Fsp3) is 0.467. The normalized spacial score (nSPS) is 15.6. The first-order valence-corrected chi connectivity index (χ1v) is 6.77. The molecule has 4 nitrogen and oxygen atoms in total. The van der Waals surface area contributed by atoms with Crippen molar-refractivity contribution in [1.29, 1.82) is 5.26 Å². The highest BCUT2D eigenvalue weighted by atomic mass is 16.2. The lowest BCUT2D eigenvalue weighted by Gasteiger charge is -2.23. The number of nitrogens with zero attached hydrogens (tertiary/aromatic N) is 1. The van der Waals surface area contributed by atoms with E-state index in [9.17, 15) is 4.79 Å². The van der Waals surface area contributed by atoms with Gasteiger partial charge in [-0.25, -0.2) is 4.79 Å². The lowest BCUT2D eigenvalue weighted by Crippen LogP contribution is -2.39. The average molecular weight is 257 g/mol. The molecule has 1 fully saturated rings. The van der Waals surface area contributed by atoms with E-state index in [1.807, 2.05) is 13.0 Å². The molecule has 2 N–H and O–H groups in total. The van der Waals surface area contributed by atoms with Crippen LogP contribution >= 0.6 is 0 Å². The van der Waals surface area contributed by atoms with Gasteiger partial charge in [0.1, 0.15) is 0 Å². The Morgan fingerprint density at radius 3 is 2.74 bits per heavy atom. The van der Waals surface area contributed by atoms with Crippen LogP contribution in [0.4, 0.5) is 10.5 Å². The van der Waals surface area contributed by atoms with Crippen molar-refractivity contribution in [1.82, 2.24) is 5.32 Å². The molecule has 0 radical (unpaired) electrons. The second-order valence-electron chi connectivity index (χ2n) is 5.07. The second kappa shape index (κ2) is 6.24. The molecule has 0 aromatic heterocycles. The third kappa shape index (κ3) is 3.72. The molecule has 4 heteroatoms. The molecule has 1 aromatic carbocycles. The van der Waals surface area contributed by atoms with Gasteiger partial charge in [-0.15, -0.1) is 0 Å². The number of carbonyl (C=O) groups excluding carboxylic acids is 1. The number of rotatable bonds is 2. The topological polar surface area (TPSA) is 64.9 Å². The molecule has 2 amide bonds. The summed E-state index contributed by atoms with van der Waals surface area (Å²) in [6.45, 7) is 1.91. The standard InChI is InChI=1S/C15H19N3O/c1-11-7-8-12(10-16)9-14(11)18-15(19)17-13-5-3-2-4-6-13/h7-9,13H,2-6H2,1H3,(H2,17,18,19). The molecule has 0 spiro atoms. The predicted molar refractivity (Wildman–Crippen MR) is 74.9 cm³/mol. The maximum Gasteiger partial charge on any atom is 0.319 e. The predicted octanol–water partition coefficient (Wildman–Crippen LogP) is 3.32. The van der Waals surface area contributed by atoms with E-state index in [2.05, 4.69) is 16.7 Å². The first kappa shape index (κ1) is 13.4. The van der Waals surface area contributed by atoms with E-state index in [1.165, 1.54) is 19.3 Å². The fourth-order valence-electron chi connectivity index (χ4n) is 2.42. The van der Waals surface area contributed by atoms with Gasteiger partial charge < -0.3 is 10.6 Å². The van der Waals surface area contributed by atoms with Crippen molar-refractivity contribution >= 4 is 11.7 Å². The van der Waals surface area contributed by atoms with Crippen molar-refractivity contribution in [2.24, 2.45) is 0 Å². The number of nitrogens with one attached hydrogen (secondary N) is 2. The highest BCUT2D eigenvalue weighted by Gasteiger charge is 2.15. The molecule has 0 unspecified atom stereocenters. The summed E-state index contributed by atoms with van der Waals surface area (Å²) in [5.41, 5.74) is 2.21. The van der Waals surface area contributed by atoms with Crippen molar-refractivity contribution in [3.05, 3.63) is 29.3 Å². The number of benzene rings is 1. The van der Waals surface area contributed by atoms with E-state index >= 15 is 0 Å². The van der Waals surface area contributed by atoms with Gasteiger partial charge in [0.2, 0.25) is 0 Å². The van der Waals surface area contributed by atoms with Crippen LogP contribution in [-0.2, 0) is 0 Å². The van der Waals surface area contributed by atoms with Gasteiger partial charge in [-0.1, -0.05) is 25.3 Å². The summed E-state index contributed by atoms with van der Waals surface area (Å²) in [6, 6.07) is 7.48. The largest absolute Gasteiger partial charge is 0.335 e. The monoisotopic (exact) mass is 257 g/mol. The van der Waals surface area contributed by atoms with Crippen LogP contribution in [-0.4, -0.2) is 12.1 Å². The number of nitriles is 1. The molecule has 19 heavy (non-hydrogen) atoms. The van der Waals surface area contributed by atoms with Gasteiger partial charge in [-0.05, 0) is 37.5 Å². The molecule has 0 aliphatic heterocycles. The van der Waals surface area contributed by atoms with Crippen LogP contribution in [0.15, 0.2) is 18.2 Å². The highest BCUT2D eigenvalue weighted by molar-refractivity contribution is 5.90. The first-order valence-electron chi connectivity index (χ1n) is 6.77. The van der Waals surface area contributed by atoms with Gasteiger partial charge in [-0.3, -0.25) is 0 Å². The number of amides is 2. The summed E-state index contributed by atoms with van der Waals surface area (Å²) in [6.07, 6.45) is 5.76. The van der Waals surface area contributed by atoms with Gasteiger partial charge in [-0.2, -0.15) is 5.26 Å². The molecule has 1 aliphatic carbocycles. The van der Waals surface area contributed by atoms with E-state index in [0.29, 0.717) is 11.3 Å². The van der Waals surface area contributed by atoms with Crippen molar-refractivity contribution in [2.45, 2.75) is 45.1 Å². The van der Waals surface area contributed by atoms with E-state index in [-0.39, 0.29) is 12.1 Å². The minimum absolute atomic E-state index is 0.176. The zero-order valence-corrected chi connectivity index (χ0v) is 11.2. The molecular formula is C15H19N3O. The zero-order valence-electron chi connectivity index (χ0n) is 11.2. The Morgan fingerprint density at radius 2 is 2.05 bits per heavy atom. The van der Waals surface area contributed by atoms with E-state index < -0.39 is 0 Å². The van der Waals surface area contributed by atoms with Crippen LogP contribution in [0.25, 0.3) is 0 Å². The Kier molecular flexibility index (Phi) is 4.40. The number of anilines is 1. The first-order chi connectivity index (χ1) is 9.19. The minimum Gasteiger partial charge on any atom is -0.335 e. The quantitative estimate of drug-likeness (QED) is 0.853. The van der Waals surface area contributed by atoms with Gasteiger partial charge in [0.05, 0.1) is 11.6 Å². The van der Waals surface area contributed by atoms with Crippen LogP contribution in [0.5, 0.6) is 0 Å². The summed E-state index contributed by atoms with van der Waals surface area (Å²) in [5.74, 6) is 0. The molecule has 0 heterocycles. The van der Waals surface area contributed by atoms with Crippen molar-refractivity contribution < 1.29 is 4.79 Å². The zero-order chi connectivity index (χ0) is 13.7. The Balaban J connectivity index is 1.96. The van der Waals surface area contributed by atoms with Crippen LogP contribution in [0.1, 0.15) is 43.2 Å². The van der Waals surface area contributed by atoms with Crippen LogP contribution in [0.2, 0.25) is 0 Å². The Labute approximate surface area is 113 Å². The summed E-state index contributed by atoms with van der Waals surface area (Å²) < 4.78 is 0. The van der Waals surface area contributed by atoms with Crippen molar-refractivity contribution in [3.63, 3.8) is 0 Å². The molecule has 1 saturated carbocycles. The van der Waals surface area contributed by atoms with Crippen molar-refractivity contribution in [3.8, 4) is 6.07 Å². The lowest BCUT2D eigenvalue weighted by atomic mass is 9.96. The number of aryl methyl sites for hydroxylation is 1. The second-order valence-corrected chi connectivity index (χ2v) is 5.07. The molecule has 100 valence electrons. The summed E-state index contributed by atoms with van der Waals surface area (Å²) >= 11 is 0. The Hall–Kier alpha value is -2.02. The SMILES string of the molecule is Cc1ccc(C#N)cc1NC(=O)NC1CCCCC1. The minimum atomic E-state index is -0.176. The van der Waals surface area contributed by atoms with E-state index in [0.717, 1.165) is 18.4 Å². The molecule has 0 atom stereocenters. The molecule has 1 aromatic rings. The maximum atomic E-state index is 11.9. The maximum absolute atomic E-state index is 11.9. The smallest absolute Gasteiger partial charge is 0.319 e. The van der Waals surface area contributed by atoms with E-state index in [1.54, 1.807) is 12.1 Å². The van der Waals surface area contributed by atoms with Gasteiger partial charge >= 0.3 is 6.03 Å². The fourth-order valence-corrected chi connectivity index (χ4v) is 2.42. The summed E-state index contributed by atoms with van der Waals surface area (Å²) in [4.78, 5) is 11.9. The third-order valence-electron chi connectivity index (χ3n) is 3.56. The summed E-state index contributed by atoms with van der Waals surface area (Å²) in [7, 11) is 0. The van der Waals surface area contributed by atoms with Gasteiger partial charge in [0.15, 0.2) is 0 Å². The number of carbonyl (C=O) groups is 1. The molecular weight excluding hydrogens is 238 g/mol. The molecule has 0 saturated heterocycles. The van der Waals surface area contributed by atoms with Gasteiger partial charge in [0.25, 0.3) is 0 Å². The van der Waals surface area contributed by atoms with E-state index in [4.69, 9.17) is 5.26 Å². The number of hydrogen-bond acceptors (Lipinski definition) is 2. The van der Waals surface area contributed by atoms with Crippen LogP contribution < -0.4 is 10.6 Å². The average Bonchev–Trinajstić information content (AvgIpc) is 2.42. The Morgan fingerprint density at radius 1 is 1.32 bits per heavy atom. The number of urea groups is 1.